The SMILES string of the molecule is CCc1cc(Nc2nccn3c(-c4cn(CC(F)F)nc4C(F)(F)F)cnc23)ccc1C(=O)N[C@H](C)CN1CCCC1C(N)=O. The summed E-state index contributed by atoms with van der Waals surface area (Å²) in [6, 6.07) is 4.54. The molecule has 16 heteroatoms. The van der Waals surface area contributed by atoms with Crippen molar-refractivity contribution in [3.05, 3.63) is 59.8 Å². The van der Waals surface area contributed by atoms with E-state index in [0.29, 0.717) is 35.3 Å². The van der Waals surface area contributed by atoms with E-state index in [1.807, 2.05) is 18.7 Å². The quantitative estimate of drug-likeness (QED) is 0.210. The number of fused-ring (bicyclic) bond motifs is 1. The van der Waals surface area contributed by atoms with Crippen LogP contribution in [0.4, 0.5) is 33.5 Å². The van der Waals surface area contributed by atoms with Crippen LogP contribution in [0.2, 0.25) is 0 Å². The second-order valence-electron chi connectivity index (χ2n) is 10.9. The summed E-state index contributed by atoms with van der Waals surface area (Å²) in [7, 11) is 0. The average Bonchev–Trinajstić information content (AvgIpc) is 3.71. The van der Waals surface area contributed by atoms with Crippen molar-refractivity contribution in [1.82, 2.24) is 34.4 Å². The molecule has 4 heterocycles. The second kappa shape index (κ2) is 12.8. The van der Waals surface area contributed by atoms with E-state index in [1.165, 1.54) is 23.0 Å². The highest BCUT2D eigenvalue weighted by atomic mass is 19.4. The number of nitrogens with zero attached hydrogens (tertiary/aromatic N) is 6. The summed E-state index contributed by atoms with van der Waals surface area (Å²) in [6.45, 7) is 3.99. The van der Waals surface area contributed by atoms with Crippen LogP contribution in [0.15, 0.2) is 43.0 Å². The summed E-state index contributed by atoms with van der Waals surface area (Å²) >= 11 is 0. The lowest BCUT2D eigenvalue weighted by Crippen LogP contribution is -2.47. The zero-order valence-electron chi connectivity index (χ0n) is 24.5. The Bertz CT molecular complexity index is 1700. The van der Waals surface area contributed by atoms with Gasteiger partial charge in [0.2, 0.25) is 5.91 Å². The molecule has 1 fully saturated rings. The molecule has 2 amide bonds. The average molecular weight is 634 g/mol. The fourth-order valence-electron chi connectivity index (χ4n) is 5.65. The molecule has 11 nitrogen and oxygen atoms in total. The van der Waals surface area contributed by atoms with Gasteiger partial charge >= 0.3 is 6.18 Å². The molecule has 1 saturated heterocycles. The number of rotatable bonds is 11. The van der Waals surface area contributed by atoms with Crippen LogP contribution in [0.1, 0.15) is 48.3 Å². The van der Waals surface area contributed by atoms with Crippen molar-refractivity contribution in [3.63, 3.8) is 0 Å². The number of primary amides is 1. The third kappa shape index (κ3) is 6.90. The first-order chi connectivity index (χ1) is 21.3. The molecule has 0 saturated carbocycles. The molecule has 4 N–H and O–H groups in total. The molecule has 240 valence electrons. The van der Waals surface area contributed by atoms with Crippen LogP contribution in [0.25, 0.3) is 16.9 Å². The number of anilines is 2. The normalized spacial score (nSPS) is 16.4. The summed E-state index contributed by atoms with van der Waals surface area (Å²) in [5, 5.41) is 9.46. The molecule has 3 aromatic heterocycles. The molecule has 1 aromatic carbocycles. The van der Waals surface area contributed by atoms with Gasteiger partial charge in [-0.25, -0.2) is 18.7 Å². The van der Waals surface area contributed by atoms with E-state index in [1.54, 1.807) is 18.2 Å². The number of halogens is 5. The number of alkyl halides is 5. The number of hydrogen-bond acceptors (Lipinski definition) is 7. The number of amides is 2. The minimum atomic E-state index is -4.89. The molecule has 0 spiro atoms. The van der Waals surface area contributed by atoms with Crippen LogP contribution >= 0.6 is 0 Å². The van der Waals surface area contributed by atoms with Gasteiger partial charge < -0.3 is 16.4 Å². The smallest absolute Gasteiger partial charge is 0.368 e. The van der Waals surface area contributed by atoms with Crippen LogP contribution in [0, 0.1) is 0 Å². The topological polar surface area (TPSA) is 135 Å². The molecule has 5 rings (SSSR count). The van der Waals surface area contributed by atoms with Crippen molar-refractivity contribution >= 4 is 29.0 Å². The molecule has 1 aliphatic rings. The second-order valence-corrected chi connectivity index (χ2v) is 10.9. The highest BCUT2D eigenvalue weighted by Crippen LogP contribution is 2.37. The molecule has 0 bridgehead atoms. The molecule has 0 aliphatic carbocycles. The van der Waals surface area contributed by atoms with Gasteiger partial charge in [-0.3, -0.25) is 23.6 Å². The molecule has 0 radical (unpaired) electrons. The van der Waals surface area contributed by atoms with Gasteiger partial charge in [0.25, 0.3) is 12.3 Å². The minimum Gasteiger partial charge on any atom is -0.368 e. The van der Waals surface area contributed by atoms with Crippen molar-refractivity contribution in [2.24, 2.45) is 5.73 Å². The zero-order chi connectivity index (χ0) is 32.5. The number of imidazole rings is 1. The predicted octanol–water partition coefficient (Wildman–Crippen LogP) is 4.25. The van der Waals surface area contributed by atoms with Gasteiger partial charge in [-0.15, -0.1) is 0 Å². The van der Waals surface area contributed by atoms with Gasteiger partial charge in [-0.1, -0.05) is 6.92 Å². The van der Waals surface area contributed by atoms with Crippen molar-refractivity contribution in [3.8, 4) is 11.3 Å². The third-order valence-corrected chi connectivity index (χ3v) is 7.63. The van der Waals surface area contributed by atoms with E-state index < -0.39 is 30.4 Å². The lowest BCUT2D eigenvalue weighted by molar-refractivity contribution is -0.141. The maximum atomic E-state index is 13.8. The third-order valence-electron chi connectivity index (χ3n) is 7.63. The zero-order valence-corrected chi connectivity index (χ0v) is 24.5. The van der Waals surface area contributed by atoms with E-state index >= 15 is 0 Å². The Labute approximate surface area is 254 Å². The highest BCUT2D eigenvalue weighted by molar-refractivity contribution is 5.96. The largest absolute Gasteiger partial charge is 0.435 e. The van der Waals surface area contributed by atoms with Crippen LogP contribution in [-0.2, 0) is 23.9 Å². The van der Waals surface area contributed by atoms with Gasteiger partial charge in [0.15, 0.2) is 17.2 Å². The van der Waals surface area contributed by atoms with Crippen LogP contribution < -0.4 is 16.4 Å². The molecule has 1 aliphatic heterocycles. The van der Waals surface area contributed by atoms with Gasteiger partial charge in [-0.2, -0.15) is 18.3 Å². The number of hydrogen-bond donors (Lipinski definition) is 3. The van der Waals surface area contributed by atoms with E-state index in [9.17, 15) is 31.5 Å². The Balaban J connectivity index is 1.36. The number of aryl methyl sites for hydroxylation is 1. The monoisotopic (exact) mass is 633 g/mol. The van der Waals surface area contributed by atoms with Crippen molar-refractivity contribution < 1.29 is 31.5 Å². The molecule has 2 atom stereocenters. The summed E-state index contributed by atoms with van der Waals surface area (Å²) < 4.78 is 69.0. The highest BCUT2D eigenvalue weighted by Gasteiger charge is 2.38. The molecule has 4 aromatic rings. The Morgan fingerprint density at radius 3 is 2.64 bits per heavy atom. The molecular formula is C29H32F5N9O2. The summed E-state index contributed by atoms with van der Waals surface area (Å²) in [5.41, 5.74) is 5.75. The van der Waals surface area contributed by atoms with E-state index in [0.717, 1.165) is 24.7 Å². The standard InChI is InChI=1S/C29H32F5N9O2/c1-3-17-11-18(6-7-19(17)28(45)38-16(2)13-41-9-4-5-21(41)25(35)44)39-26-27-37-12-22(43(27)10-8-36-26)20-14-42(15-23(30)31)40-24(20)29(32,33)34/h6-8,10-12,14,16,21,23H,3-5,9,13,15H2,1-2H3,(H2,35,44)(H,36,39)(H,38,45)/t16-,21?/m1/s1. The lowest BCUT2D eigenvalue weighted by atomic mass is 10.0. The molecule has 1 unspecified atom stereocenters. The van der Waals surface area contributed by atoms with Gasteiger partial charge in [0, 0.05) is 42.4 Å². The van der Waals surface area contributed by atoms with E-state index in [-0.39, 0.29) is 41.1 Å². The minimum absolute atomic E-state index is 0.00485. The summed E-state index contributed by atoms with van der Waals surface area (Å²) in [5.74, 6) is -0.419. The number of carbonyl (C=O) groups excluding carboxylic acids is 2. The maximum absolute atomic E-state index is 13.8. The van der Waals surface area contributed by atoms with Crippen LogP contribution in [0.5, 0.6) is 0 Å². The number of benzene rings is 1. The Morgan fingerprint density at radius 2 is 1.96 bits per heavy atom. The van der Waals surface area contributed by atoms with Gasteiger partial charge in [0.05, 0.1) is 23.5 Å². The lowest BCUT2D eigenvalue weighted by Gasteiger charge is -2.26. The molecule has 45 heavy (non-hydrogen) atoms. The summed E-state index contributed by atoms with van der Waals surface area (Å²) in [4.78, 5) is 35.4. The number of nitrogens with one attached hydrogen (secondary N) is 2. The van der Waals surface area contributed by atoms with Crippen LogP contribution in [-0.4, -0.2) is 72.5 Å². The maximum Gasteiger partial charge on any atom is 0.435 e. The van der Waals surface area contributed by atoms with Crippen molar-refractivity contribution in [2.75, 3.05) is 18.4 Å². The number of nitrogens with two attached hydrogens (primary N) is 1. The number of likely N-dealkylation sites (tertiary alicyclic amines) is 1. The van der Waals surface area contributed by atoms with E-state index in [4.69, 9.17) is 5.73 Å². The fourth-order valence-corrected chi connectivity index (χ4v) is 5.65. The first-order valence-electron chi connectivity index (χ1n) is 14.3. The number of aromatic nitrogens is 5. The van der Waals surface area contributed by atoms with Gasteiger partial charge in [0.1, 0.15) is 6.54 Å². The van der Waals surface area contributed by atoms with Crippen LogP contribution in [0.3, 0.4) is 0 Å². The summed E-state index contributed by atoms with van der Waals surface area (Å²) in [6.07, 6.45) is -0.787. The van der Waals surface area contributed by atoms with Crippen molar-refractivity contribution in [1.29, 1.82) is 0 Å². The Morgan fingerprint density at radius 1 is 1.18 bits per heavy atom. The van der Waals surface area contributed by atoms with Crippen molar-refractivity contribution in [2.45, 2.75) is 64.3 Å². The first kappa shape index (κ1) is 31.8. The fraction of sp³-hybridized carbons (Fsp3) is 0.414. The predicted molar refractivity (Wildman–Crippen MR) is 155 cm³/mol. The first-order valence-corrected chi connectivity index (χ1v) is 14.3. The number of carbonyl (C=O) groups is 2. The van der Waals surface area contributed by atoms with E-state index in [2.05, 4.69) is 25.7 Å². The Kier molecular flexibility index (Phi) is 9.04. The Hall–Kier alpha value is -4.60. The van der Waals surface area contributed by atoms with Gasteiger partial charge in [-0.05, 0) is 56.5 Å². The molecular weight excluding hydrogens is 601 g/mol.